The number of carbonyl (C=O) groups excluding carboxylic acids is 1. The van der Waals surface area contributed by atoms with Gasteiger partial charge in [0.2, 0.25) is 0 Å². The molecule has 0 N–H and O–H groups in total. The van der Waals surface area contributed by atoms with E-state index in [1.54, 1.807) is 13.0 Å². The maximum absolute atomic E-state index is 11.4. The number of ether oxygens (including phenoxy) is 2. The lowest BCUT2D eigenvalue weighted by Crippen LogP contribution is -2.08. The summed E-state index contributed by atoms with van der Waals surface area (Å²) in [6.45, 7) is 1.59. The van der Waals surface area contributed by atoms with E-state index in [-0.39, 0.29) is 11.3 Å². The molecule has 1 aromatic carbocycles. The highest BCUT2D eigenvalue weighted by atomic mass is 16.6. The van der Waals surface area contributed by atoms with Crippen LogP contribution in [0.3, 0.4) is 0 Å². The average molecular weight is 225 g/mol. The number of methoxy groups -OCH3 is 2. The van der Waals surface area contributed by atoms with Gasteiger partial charge in [0.05, 0.1) is 25.2 Å². The molecule has 0 saturated carbocycles. The predicted molar refractivity (Wildman–Crippen MR) is 55.7 cm³/mol. The smallest absolute Gasteiger partial charge is 0.345 e. The number of hydrogen-bond acceptors (Lipinski definition) is 5. The highest BCUT2D eigenvalue weighted by molar-refractivity contribution is 5.95. The van der Waals surface area contributed by atoms with Gasteiger partial charge in [-0.25, -0.2) is 4.79 Å². The van der Waals surface area contributed by atoms with Crippen molar-refractivity contribution < 1.29 is 19.2 Å². The molecule has 0 unspecified atom stereocenters. The van der Waals surface area contributed by atoms with Gasteiger partial charge >= 0.3 is 5.97 Å². The summed E-state index contributed by atoms with van der Waals surface area (Å²) in [5, 5.41) is 10.8. The standard InChI is InChI=1S/C10H11NO5/c1-6-4-7(15-2)5-8(11(13)14)9(6)10(12)16-3/h4-5H,1-3H3. The van der Waals surface area contributed by atoms with Crippen LogP contribution in [0.2, 0.25) is 0 Å². The van der Waals surface area contributed by atoms with Gasteiger partial charge in [0, 0.05) is 0 Å². The number of nitrogens with zero attached hydrogens (tertiary/aromatic N) is 1. The van der Waals surface area contributed by atoms with Crippen LogP contribution in [-0.4, -0.2) is 25.1 Å². The molecule has 0 bridgehead atoms. The Morgan fingerprint density at radius 2 is 2.00 bits per heavy atom. The van der Waals surface area contributed by atoms with E-state index in [0.29, 0.717) is 11.3 Å². The number of carbonyl (C=O) groups is 1. The minimum atomic E-state index is -0.730. The number of aryl methyl sites for hydroxylation is 1. The Bertz CT molecular complexity index is 441. The fraction of sp³-hybridized carbons (Fsp3) is 0.300. The first-order valence-corrected chi connectivity index (χ1v) is 4.42. The minimum Gasteiger partial charge on any atom is -0.496 e. The fourth-order valence-corrected chi connectivity index (χ4v) is 1.37. The number of rotatable bonds is 3. The molecule has 6 heteroatoms. The lowest BCUT2D eigenvalue weighted by molar-refractivity contribution is -0.385. The number of benzene rings is 1. The molecular weight excluding hydrogens is 214 g/mol. The van der Waals surface area contributed by atoms with E-state index in [1.807, 2.05) is 0 Å². The van der Waals surface area contributed by atoms with E-state index in [0.717, 1.165) is 0 Å². The second-order valence-corrected chi connectivity index (χ2v) is 3.09. The van der Waals surface area contributed by atoms with E-state index in [9.17, 15) is 14.9 Å². The van der Waals surface area contributed by atoms with Crippen LogP contribution >= 0.6 is 0 Å². The van der Waals surface area contributed by atoms with E-state index < -0.39 is 10.9 Å². The number of hydrogen-bond donors (Lipinski definition) is 0. The Morgan fingerprint density at radius 3 is 2.44 bits per heavy atom. The molecular formula is C10H11NO5. The molecule has 86 valence electrons. The third kappa shape index (κ3) is 2.10. The first kappa shape index (κ1) is 12.0. The summed E-state index contributed by atoms with van der Waals surface area (Å²) in [7, 11) is 2.58. The highest BCUT2D eigenvalue weighted by Crippen LogP contribution is 2.28. The molecule has 0 spiro atoms. The zero-order valence-electron chi connectivity index (χ0n) is 9.14. The Morgan fingerprint density at radius 1 is 1.38 bits per heavy atom. The van der Waals surface area contributed by atoms with Gasteiger partial charge in [0.1, 0.15) is 11.3 Å². The molecule has 0 aliphatic rings. The molecule has 16 heavy (non-hydrogen) atoms. The summed E-state index contributed by atoms with van der Waals surface area (Å²) in [5.74, 6) is -0.399. The van der Waals surface area contributed by atoms with Crippen molar-refractivity contribution in [3.05, 3.63) is 33.4 Å². The van der Waals surface area contributed by atoms with Crippen molar-refractivity contribution in [1.29, 1.82) is 0 Å². The molecule has 0 aromatic heterocycles. The van der Waals surface area contributed by atoms with Crippen molar-refractivity contribution >= 4 is 11.7 Å². The molecule has 0 aliphatic heterocycles. The Balaban J connectivity index is 3.45. The Kier molecular flexibility index (Phi) is 3.44. The van der Waals surface area contributed by atoms with E-state index in [2.05, 4.69) is 4.74 Å². The van der Waals surface area contributed by atoms with Gasteiger partial charge in [0.15, 0.2) is 0 Å². The molecule has 0 fully saturated rings. The first-order chi connectivity index (χ1) is 7.51. The van der Waals surface area contributed by atoms with Crippen LogP contribution in [0.25, 0.3) is 0 Å². The van der Waals surface area contributed by atoms with Crippen LogP contribution in [0.4, 0.5) is 5.69 Å². The minimum absolute atomic E-state index is 0.0479. The summed E-state index contributed by atoms with van der Waals surface area (Å²) in [4.78, 5) is 21.6. The van der Waals surface area contributed by atoms with Gasteiger partial charge in [0.25, 0.3) is 5.69 Å². The summed E-state index contributed by atoms with van der Waals surface area (Å²) in [5.41, 5.74) is 0.0786. The van der Waals surface area contributed by atoms with Crippen molar-refractivity contribution in [3.63, 3.8) is 0 Å². The van der Waals surface area contributed by atoms with Crippen LogP contribution in [-0.2, 0) is 4.74 Å². The second-order valence-electron chi connectivity index (χ2n) is 3.09. The van der Waals surface area contributed by atoms with Crippen molar-refractivity contribution in [2.24, 2.45) is 0 Å². The maximum atomic E-state index is 11.4. The van der Waals surface area contributed by atoms with Gasteiger partial charge in [-0.15, -0.1) is 0 Å². The predicted octanol–water partition coefficient (Wildman–Crippen LogP) is 1.70. The lowest BCUT2D eigenvalue weighted by Gasteiger charge is -2.07. The van der Waals surface area contributed by atoms with Crippen LogP contribution in [0.15, 0.2) is 12.1 Å². The molecule has 0 saturated heterocycles. The molecule has 0 radical (unpaired) electrons. The maximum Gasteiger partial charge on any atom is 0.345 e. The highest BCUT2D eigenvalue weighted by Gasteiger charge is 2.24. The van der Waals surface area contributed by atoms with Crippen molar-refractivity contribution in [3.8, 4) is 5.75 Å². The fourth-order valence-electron chi connectivity index (χ4n) is 1.37. The summed E-state index contributed by atoms with van der Waals surface area (Å²) < 4.78 is 9.39. The molecule has 0 amide bonds. The van der Waals surface area contributed by atoms with E-state index in [4.69, 9.17) is 4.74 Å². The van der Waals surface area contributed by atoms with Gasteiger partial charge in [-0.2, -0.15) is 0 Å². The molecule has 0 atom stereocenters. The van der Waals surface area contributed by atoms with E-state index >= 15 is 0 Å². The second kappa shape index (κ2) is 4.61. The average Bonchev–Trinajstić information content (AvgIpc) is 2.26. The zero-order chi connectivity index (χ0) is 12.3. The molecule has 6 nitrogen and oxygen atoms in total. The van der Waals surface area contributed by atoms with E-state index in [1.165, 1.54) is 20.3 Å². The van der Waals surface area contributed by atoms with Gasteiger partial charge < -0.3 is 9.47 Å². The topological polar surface area (TPSA) is 78.7 Å². The van der Waals surface area contributed by atoms with Gasteiger partial charge in [-0.3, -0.25) is 10.1 Å². The van der Waals surface area contributed by atoms with Crippen LogP contribution < -0.4 is 4.74 Å². The summed E-state index contributed by atoms with van der Waals surface area (Å²) in [6, 6.07) is 2.73. The SMILES string of the molecule is COC(=O)c1c(C)cc(OC)cc1[N+](=O)[O-]. The third-order valence-corrected chi connectivity index (χ3v) is 2.11. The van der Waals surface area contributed by atoms with Crippen molar-refractivity contribution in [2.45, 2.75) is 6.92 Å². The molecule has 0 aliphatic carbocycles. The first-order valence-electron chi connectivity index (χ1n) is 4.42. The largest absolute Gasteiger partial charge is 0.496 e. The summed E-state index contributed by atoms with van der Waals surface area (Å²) in [6.07, 6.45) is 0. The summed E-state index contributed by atoms with van der Waals surface area (Å²) >= 11 is 0. The van der Waals surface area contributed by atoms with Gasteiger partial charge in [-0.1, -0.05) is 0 Å². The normalized spacial score (nSPS) is 9.69. The van der Waals surface area contributed by atoms with Crippen molar-refractivity contribution in [1.82, 2.24) is 0 Å². The number of nitro benzene ring substituents is 1. The van der Waals surface area contributed by atoms with Crippen LogP contribution in [0, 0.1) is 17.0 Å². The molecule has 1 aromatic rings. The quantitative estimate of drug-likeness (QED) is 0.444. The number of esters is 1. The van der Waals surface area contributed by atoms with Crippen molar-refractivity contribution in [2.75, 3.05) is 14.2 Å². The van der Waals surface area contributed by atoms with Crippen LogP contribution in [0.1, 0.15) is 15.9 Å². The number of nitro groups is 1. The Hall–Kier alpha value is -2.11. The lowest BCUT2D eigenvalue weighted by atomic mass is 10.1. The zero-order valence-corrected chi connectivity index (χ0v) is 9.14. The van der Waals surface area contributed by atoms with Crippen LogP contribution in [0.5, 0.6) is 5.75 Å². The van der Waals surface area contributed by atoms with Gasteiger partial charge in [-0.05, 0) is 18.6 Å². The Labute approximate surface area is 91.9 Å². The molecule has 1 rings (SSSR count). The monoisotopic (exact) mass is 225 g/mol. The third-order valence-electron chi connectivity index (χ3n) is 2.11. The molecule has 0 heterocycles.